The lowest BCUT2D eigenvalue weighted by Gasteiger charge is -2.36. The molecule has 0 radical (unpaired) electrons. The summed E-state index contributed by atoms with van der Waals surface area (Å²) in [6.45, 7) is 10.0. The number of phenols is 1. The fourth-order valence-corrected chi connectivity index (χ4v) is 3.90. The molecule has 0 spiro atoms. The summed E-state index contributed by atoms with van der Waals surface area (Å²) in [5, 5.41) is 12.4. The number of nitrogens with two attached hydrogens (primary N) is 2. The number of aromatic hydroxyl groups is 1. The van der Waals surface area contributed by atoms with Crippen LogP contribution in [0.25, 0.3) is 0 Å². The van der Waals surface area contributed by atoms with Gasteiger partial charge in [0.25, 0.3) is 0 Å². The molecule has 1 aromatic rings. The molecule has 6 N–H and O–H groups in total. The molecule has 1 aromatic carbocycles. The molecule has 1 unspecified atom stereocenters. The van der Waals surface area contributed by atoms with Gasteiger partial charge in [-0.1, -0.05) is 72.4 Å². The van der Waals surface area contributed by atoms with Crippen LogP contribution in [0.2, 0.25) is 0 Å². The molecule has 8 nitrogen and oxygen atoms in total. The van der Waals surface area contributed by atoms with Gasteiger partial charge in [0.15, 0.2) is 0 Å². The number of carbonyl (C=O) groups excluding carboxylic acids is 3. The molecule has 0 aliphatic carbocycles. The van der Waals surface area contributed by atoms with Crippen molar-refractivity contribution in [2.45, 2.75) is 91.3 Å². The molecular weight excluding hydrogens is 432 g/mol. The highest BCUT2D eigenvalue weighted by atomic mass is 16.3. The highest BCUT2D eigenvalue weighted by Gasteiger charge is 2.36. The van der Waals surface area contributed by atoms with Gasteiger partial charge in [-0.25, -0.2) is 0 Å². The molecule has 0 saturated carbocycles. The van der Waals surface area contributed by atoms with Gasteiger partial charge in [0, 0.05) is 13.0 Å². The van der Waals surface area contributed by atoms with Crippen LogP contribution in [0.1, 0.15) is 72.3 Å². The number of nitrogens with one attached hydrogen (secondary N) is 1. The van der Waals surface area contributed by atoms with Crippen molar-refractivity contribution in [1.29, 1.82) is 0 Å². The summed E-state index contributed by atoms with van der Waals surface area (Å²) in [6.07, 6.45) is 4.63. The number of phenolic OH excluding ortho intramolecular Hbond substituents is 1. The van der Waals surface area contributed by atoms with E-state index in [1.54, 1.807) is 17.0 Å². The van der Waals surface area contributed by atoms with E-state index in [9.17, 15) is 19.5 Å². The second kappa shape index (κ2) is 14.6. The van der Waals surface area contributed by atoms with E-state index >= 15 is 0 Å². The Labute approximate surface area is 204 Å². The topological polar surface area (TPSA) is 139 Å². The molecule has 4 atom stereocenters. The Morgan fingerprint density at radius 2 is 1.65 bits per heavy atom. The van der Waals surface area contributed by atoms with E-state index in [0.717, 1.165) is 31.2 Å². The molecule has 0 bridgehead atoms. The van der Waals surface area contributed by atoms with Crippen molar-refractivity contribution < 1.29 is 19.5 Å². The summed E-state index contributed by atoms with van der Waals surface area (Å²) in [6, 6.07) is 4.02. The van der Waals surface area contributed by atoms with E-state index in [2.05, 4.69) is 12.2 Å². The molecule has 8 heteroatoms. The van der Waals surface area contributed by atoms with Gasteiger partial charge >= 0.3 is 0 Å². The first-order valence-corrected chi connectivity index (χ1v) is 12.5. The first-order chi connectivity index (χ1) is 16.0. The van der Waals surface area contributed by atoms with E-state index in [1.165, 1.54) is 12.1 Å². The average Bonchev–Trinajstić information content (AvgIpc) is 2.80. The van der Waals surface area contributed by atoms with Crippen LogP contribution in [-0.2, 0) is 20.8 Å². The molecule has 0 fully saturated rings. The van der Waals surface area contributed by atoms with Gasteiger partial charge in [-0.05, 0) is 36.0 Å². The molecule has 34 heavy (non-hydrogen) atoms. The molecular formula is C26H44N4O4. The summed E-state index contributed by atoms with van der Waals surface area (Å²) in [7, 11) is 0. The first-order valence-electron chi connectivity index (χ1n) is 12.5. The standard InChI is InChI=1S/C26H44N4O4/c1-6-8-9-10-15-30(23(24(28)32)18(5)7-2)26(34)21(29-25(33)22(27)17(3)4)16-19-11-13-20(31)14-12-19/h11-14,17-18,21-23,31H,6-10,15-16,27H2,1-5H3,(H2,28,32)(H,29,33)/t18?,21-,22-,23-/m0/s1. The van der Waals surface area contributed by atoms with Crippen LogP contribution in [-0.4, -0.2) is 52.4 Å². The Morgan fingerprint density at radius 1 is 1.03 bits per heavy atom. The lowest BCUT2D eigenvalue weighted by molar-refractivity contribution is -0.144. The summed E-state index contributed by atoms with van der Waals surface area (Å²) in [4.78, 5) is 40.7. The van der Waals surface area contributed by atoms with E-state index in [4.69, 9.17) is 11.5 Å². The molecule has 1 rings (SSSR count). The predicted octanol–water partition coefficient (Wildman–Crippen LogP) is 2.71. The monoisotopic (exact) mass is 476 g/mol. The van der Waals surface area contributed by atoms with Gasteiger partial charge in [-0.3, -0.25) is 14.4 Å². The Bertz CT molecular complexity index is 782. The quantitative estimate of drug-likeness (QED) is 0.288. The number of hydrogen-bond donors (Lipinski definition) is 4. The second-order valence-corrected chi connectivity index (χ2v) is 9.53. The minimum absolute atomic E-state index is 0.104. The maximum atomic E-state index is 13.9. The zero-order chi connectivity index (χ0) is 25.8. The lowest BCUT2D eigenvalue weighted by Crippen LogP contribution is -2.59. The van der Waals surface area contributed by atoms with Gasteiger partial charge in [0.05, 0.1) is 6.04 Å². The fourth-order valence-electron chi connectivity index (χ4n) is 3.90. The van der Waals surface area contributed by atoms with E-state index < -0.39 is 29.9 Å². The van der Waals surface area contributed by atoms with Gasteiger partial charge in [-0.15, -0.1) is 0 Å². The van der Waals surface area contributed by atoms with Crippen molar-refractivity contribution in [2.75, 3.05) is 6.54 Å². The third-order valence-electron chi connectivity index (χ3n) is 6.36. The number of primary amides is 1. The van der Waals surface area contributed by atoms with Crippen molar-refractivity contribution in [3.63, 3.8) is 0 Å². The maximum absolute atomic E-state index is 13.9. The third-order valence-corrected chi connectivity index (χ3v) is 6.36. The lowest BCUT2D eigenvalue weighted by atomic mass is 9.94. The number of benzene rings is 1. The molecule has 0 saturated heterocycles. The van der Waals surface area contributed by atoms with Gasteiger partial charge in [0.2, 0.25) is 17.7 Å². The van der Waals surface area contributed by atoms with Crippen LogP contribution < -0.4 is 16.8 Å². The van der Waals surface area contributed by atoms with Gasteiger partial charge < -0.3 is 26.8 Å². The van der Waals surface area contributed by atoms with E-state index in [-0.39, 0.29) is 29.9 Å². The van der Waals surface area contributed by atoms with Gasteiger partial charge in [-0.2, -0.15) is 0 Å². The van der Waals surface area contributed by atoms with Crippen LogP contribution in [0.15, 0.2) is 24.3 Å². The second-order valence-electron chi connectivity index (χ2n) is 9.53. The fraction of sp³-hybridized carbons (Fsp3) is 0.654. The number of carbonyl (C=O) groups is 3. The summed E-state index contributed by atoms with van der Waals surface area (Å²) in [5.41, 5.74) is 12.6. The number of rotatable bonds is 15. The number of unbranched alkanes of at least 4 members (excludes halogenated alkanes) is 3. The van der Waals surface area contributed by atoms with Crippen LogP contribution >= 0.6 is 0 Å². The van der Waals surface area contributed by atoms with Crippen LogP contribution in [0.4, 0.5) is 0 Å². The van der Waals surface area contributed by atoms with Crippen LogP contribution in [0, 0.1) is 11.8 Å². The van der Waals surface area contributed by atoms with Crippen LogP contribution in [0.5, 0.6) is 5.75 Å². The average molecular weight is 477 g/mol. The van der Waals surface area contributed by atoms with E-state index in [1.807, 2.05) is 27.7 Å². The minimum atomic E-state index is -0.918. The van der Waals surface area contributed by atoms with Crippen LogP contribution in [0.3, 0.4) is 0 Å². The minimum Gasteiger partial charge on any atom is -0.508 e. The Hall–Kier alpha value is -2.61. The smallest absolute Gasteiger partial charge is 0.246 e. The first kappa shape index (κ1) is 29.4. The zero-order valence-electron chi connectivity index (χ0n) is 21.4. The van der Waals surface area contributed by atoms with Crippen molar-refractivity contribution >= 4 is 17.7 Å². The largest absolute Gasteiger partial charge is 0.508 e. The van der Waals surface area contributed by atoms with Crippen molar-refractivity contribution in [2.24, 2.45) is 23.3 Å². The van der Waals surface area contributed by atoms with Crippen molar-refractivity contribution in [1.82, 2.24) is 10.2 Å². The molecule has 0 aromatic heterocycles. The zero-order valence-corrected chi connectivity index (χ0v) is 21.4. The van der Waals surface area contributed by atoms with Gasteiger partial charge in [0.1, 0.15) is 17.8 Å². The SMILES string of the molecule is CCCCCCN(C(=O)[C@H](Cc1ccc(O)cc1)NC(=O)[C@@H](N)C(C)C)[C@H](C(N)=O)C(C)CC. The Balaban J connectivity index is 3.32. The highest BCUT2D eigenvalue weighted by Crippen LogP contribution is 2.20. The number of nitrogens with zero attached hydrogens (tertiary/aromatic N) is 1. The van der Waals surface area contributed by atoms with E-state index in [0.29, 0.717) is 13.0 Å². The Kier molecular flexibility index (Phi) is 12.6. The summed E-state index contributed by atoms with van der Waals surface area (Å²) in [5.74, 6) is -1.44. The predicted molar refractivity (Wildman–Crippen MR) is 135 cm³/mol. The van der Waals surface area contributed by atoms with Crippen molar-refractivity contribution in [3.8, 4) is 5.75 Å². The number of hydrogen-bond acceptors (Lipinski definition) is 5. The maximum Gasteiger partial charge on any atom is 0.246 e. The Morgan fingerprint density at radius 3 is 2.15 bits per heavy atom. The van der Waals surface area contributed by atoms with Crippen molar-refractivity contribution in [3.05, 3.63) is 29.8 Å². The molecule has 0 heterocycles. The molecule has 0 aliphatic rings. The third kappa shape index (κ3) is 8.97. The summed E-state index contributed by atoms with van der Waals surface area (Å²) >= 11 is 0. The highest BCUT2D eigenvalue weighted by molar-refractivity contribution is 5.93. The molecule has 0 aliphatic heterocycles. The summed E-state index contributed by atoms with van der Waals surface area (Å²) < 4.78 is 0. The molecule has 3 amide bonds. The normalized spacial score (nSPS) is 14.8. The number of amides is 3. The molecule has 192 valence electrons.